The molecule has 0 radical (unpaired) electrons. The molecule has 0 saturated carbocycles. The Bertz CT molecular complexity index is 724. The van der Waals surface area contributed by atoms with Crippen molar-refractivity contribution in [2.45, 2.75) is 23.9 Å². The summed E-state index contributed by atoms with van der Waals surface area (Å²) < 4.78 is 66.3. The van der Waals surface area contributed by atoms with Gasteiger partial charge in [0.05, 0.1) is 11.9 Å². The molecule has 0 aliphatic heterocycles. The zero-order chi connectivity index (χ0) is 18.7. The molecule has 0 aromatic carbocycles. The van der Waals surface area contributed by atoms with Crippen molar-refractivity contribution in [3.63, 3.8) is 0 Å². The maximum absolute atomic E-state index is 12.8. The van der Waals surface area contributed by atoms with Crippen molar-refractivity contribution in [2.24, 2.45) is 0 Å². The summed E-state index contributed by atoms with van der Waals surface area (Å²) >= 11 is 1.47. The monoisotopic (exact) mass is 380 g/mol. The molecule has 0 aliphatic rings. The van der Waals surface area contributed by atoms with Crippen molar-refractivity contribution >= 4 is 17.4 Å². The Hall–Kier alpha value is -2.17. The lowest BCUT2D eigenvalue weighted by atomic mass is 10.2. The largest absolute Gasteiger partial charge is 0.470 e. The predicted molar refractivity (Wildman–Crippen MR) is 82.6 cm³/mol. The molecule has 2 aromatic heterocycles. The number of nitrogens with zero attached hydrogens (tertiary/aromatic N) is 3. The van der Waals surface area contributed by atoms with Crippen LogP contribution in [-0.4, -0.2) is 39.6 Å². The molecule has 2 rings (SSSR count). The van der Waals surface area contributed by atoms with Gasteiger partial charge in [0, 0.05) is 11.0 Å². The molecular formula is C14H13F5N4OS. The lowest BCUT2D eigenvalue weighted by Crippen LogP contribution is -2.41. The number of hydrogen-bond donors (Lipinski definition) is 1. The first-order valence-electron chi connectivity index (χ1n) is 6.94. The van der Waals surface area contributed by atoms with Crippen LogP contribution in [0.3, 0.4) is 0 Å². The third-order valence-corrected chi connectivity index (χ3v) is 3.78. The quantitative estimate of drug-likeness (QED) is 0.607. The summed E-state index contributed by atoms with van der Waals surface area (Å²) in [6.45, 7) is 0.0582. The summed E-state index contributed by atoms with van der Waals surface area (Å²) in [5.41, 5.74) is 6.92. The highest BCUT2D eigenvalue weighted by molar-refractivity contribution is 7.99. The number of nitrogen functional groups attached to an aromatic ring is 1. The highest BCUT2D eigenvalue weighted by Gasteiger charge is 2.58. The van der Waals surface area contributed by atoms with E-state index < -0.39 is 24.6 Å². The fourth-order valence-corrected chi connectivity index (χ4v) is 2.51. The van der Waals surface area contributed by atoms with Crippen LogP contribution in [0.5, 0.6) is 5.88 Å². The number of pyridine rings is 1. The first-order valence-corrected chi connectivity index (χ1v) is 7.92. The number of hydrogen-bond acceptors (Lipinski definition) is 6. The molecule has 0 amide bonds. The maximum Gasteiger partial charge on any atom is 0.456 e. The first-order chi connectivity index (χ1) is 11.6. The van der Waals surface area contributed by atoms with Crippen LogP contribution in [0.4, 0.5) is 27.6 Å². The molecular weight excluding hydrogens is 367 g/mol. The van der Waals surface area contributed by atoms with E-state index in [1.807, 2.05) is 6.92 Å². The van der Waals surface area contributed by atoms with E-state index in [1.54, 1.807) is 6.07 Å². The second kappa shape index (κ2) is 7.38. The number of rotatable bonds is 6. The van der Waals surface area contributed by atoms with E-state index in [1.165, 1.54) is 24.0 Å². The standard InChI is InChI=1S/C14H13F5N4OS/c1-2-25-10-5-8(20)6-21-12(10)9-3-4-11(23-22-9)24-7-13(15,16)14(17,18)19/h3-6H,2,7,20H2,1H3. The van der Waals surface area contributed by atoms with Crippen LogP contribution in [0.1, 0.15) is 6.92 Å². The topological polar surface area (TPSA) is 73.9 Å². The van der Waals surface area contributed by atoms with Gasteiger partial charge in [-0.2, -0.15) is 22.0 Å². The van der Waals surface area contributed by atoms with Crippen molar-refractivity contribution in [1.29, 1.82) is 0 Å². The average molecular weight is 380 g/mol. The predicted octanol–water partition coefficient (Wildman–Crippen LogP) is 3.81. The van der Waals surface area contributed by atoms with Crippen molar-refractivity contribution in [1.82, 2.24) is 15.2 Å². The summed E-state index contributed by atoms with van der Waals surface area (Å²) in [6, 6.07) is 4.21. The highest BCUT2D eigenvalue weighted by Crippen LogP contribution is 2.35. The minimum absolute atomic E-state index is 0.311. The van der Waals surface area contributed by atoms with E-state index in [0.717, 1.165) is 16.7 Å². The summed E-state index contributed by atoms with van der Waals surface area (Å²) in [5.74, 6) is -4.68. The van der Waals surface area contributed by atoms with Crippen LogP contribution in [0.25, 0.3) is 11.4 Å². The summed E-state index contributed by atoms with van der Waals surface area (Å²) in [6.07, 6.45) is -4.27. The molecule has 25 heavy (non-hydrogen) atoms. The fourth-order valence-electron chi connectivity index (χ4n) is 1.69. The third kappa shape index (κ3) is 4.68. The number of thioether (sulfide) groups is 1. The maximum atomic E-state index is 12.8. The second-order valence-electron chi connectivity index (χ2n) is 4.80. The normalized spacial score (nSPS) is 12.2. The Labute approximate surface area is 143 Å². The number of anilines is 1. The van der Waals surface area contributed by atoms with Crippen molar-refractivity contribution < 1.29 is 26.7 Å². The van der Waals surface area contributed by atoms with Gasteiger partial charge in [-0.15, -0.1) is 22.0 Å². The van der Waals surface area contributed by atoms with Gasteiger partial charge < -0.3 is 10.5 Å². The fraction of sp³-hybridized carbons (Fsp3) is 0.357. The minimum Gasteiger partial charge on any atom is -0.470 e. The van der Waals surface area contributed by atoms with Gasteiger partial charge in [0.25, 0.3) is 0 Å². The number of halogens is 5. The molecule has 0 fully saturated rings. The van der Waals surface area contributed by atoms with Gasteiger partial charge in [-0.1, -0.05) is 6.92 Å². The lowest BCUT2D eigenvalue weighted by Gasteiger charge is -2.19. The Morgan fingerprint density at radius 1 is 1.16 bits per heavy atom. The molecule has 0 spiro atoms. The molecule has 2 heterocycles. The number of nitrogens with two attached hydrogens (primary N) is 1. The van der Waals surface area contributed by atoms with Gasteiger partial charge in [0.2, 0.25) is 5.88 Å². The number of alkyl halides is 5. The Morgan fingerprint density at radius 2 is 1.88 bits per heavy atom. The number of aromatic nitrogens is 3. The molecule has 5 nitrogen and oxygen atoms in total. The Kier molecular flexibility index (Phi) is 5.65. The summed E-state index contributed by atoms with van der Waals surface area (Å²) in [5, 5.41) is 7.28. The zero-order valence-electron chi connectivity index (χ0n) is 12.8. The van der Waals surface area contributed by atoms with E-state index in [0.29, 0.717) is 17.1 Å². The van der Waals surface area contributed by atoms with E-state index in [4.69, 9.17) is 5.73 Å². The molecule has 2 aromatic rings. The van der Waals surface area contributed by atoms with Crippen LogP contribution in [-0.2, 0) is 0 Å². The molecule has 0 aliphatic carbocycles. The SMILES string of the molecule is CCSc1cc(N)cnc1-c1ccc(OCC(F)(F)C(F)(F)F)nn1. The minimum atomic E-state index is -5.69. The zero-order valence-corrected chi connectivity index (χ0v) is 13.7. The molecule has 0 atom stereocenters. The summed E-state index contributed by atoms with van der Waals surface area (Å²) in [7, 11) is 0. The average Bonchev–Trinajstić information content (AvgIpc) is 2.53. The Morgan fingerprint density at radius 3 is 2.44 bits per heavy atom. The van der Waals surface area contributed by atoms with Crippen LogP contribution in [0.15, 0.2) is 29.3 Å². The Balaban J connectivity index is 2.16. The van der Waals surface area contributed by atoms with Crippen LogP contribution >= 0.6 is 11.8 Å². The molecule has 11 heteroatoms. The van der Waals surface area contributed by atoms with Crippen molar-refractivity contribution in [2.75, 3.05) is 18.1 Å². The lowest BCUT2D eigenvalue weighted by molar-refractivity contribution is -0.290. The van der Waals surface area contributed by atoms with Gasteiger partial charge >= 0.3 is 12.1 Å². The van der Waals surface area contributed by atoms with Gasteiger partial charge in [-0.3, -0.25) is 4.98 Å². The third-order valence-electron chi connectivity index (χ3n) is 2.87. The van der Waals surface area contributed by atoms with E-state index in [2.05, 4.69) is 19.9 Å². The molecule has 0 saturated heterocycles. The van der Waals surface area contributed by atoms with Crippen molar-refractivity contribution in [3.8, 4) is 17.3 Å². The van der Waals surface area contributed by atoms with Crippen LogP contribution < -0.4 is 10.5 Å². The van der Waals surface area contributed by atoms with Gasteiger partial charge in [-0.25, -0.2) is 0 Å². The van der Waals surface area contributed by atoms with Gasteiger partial charge in [0.15, 0.2) is 6.61 Å². The first kappa shape index (κ1) is 19.2. The van der Waals surface area contributed by atoms with Gasteiger partial charge in [-0.05, 0) is 17.9 Å². The van der Waals surface area contributed by atoms with Crippen LogP contribution in [0, 0.1) is 0 Å². The summed E-state index contributed by atoms with van der Waals surface area (Å²) in [4.78, 5) is 4.90. The van der Waals surface area contributed by atoms with E-state index in [9.17, 15) is 22.0 Å². The van der Waals surface area contributed by atoms with E-state index in [-0.39, 0.29) is 0 Å². The molecule has 0 bridgehead atoms. The number of ether oxygens (including phenoxy) is 1. The highest BCUT2D eigenvalue weighted by atomic mass is 32.2. The smallest absolute Gasteiger partial charge is 0.456 e. The second-order valence-corrected chi connectivity index (χ2v) is 6.10. The van der Waals surface area contributed by atoms with Crippen molar-refractivity contribution in [3.05, 3.63) is 24.4 Å². The van der Waals surface area contributed by atoms with E-state index >= 15 is 0 Å². The molecule has 2 N–H and O–H groups in total. The molecule has 136 valence electrons. The van der Waals surface area contributed by atoms with Crippen LogP contribution in [0.2, 0.25) is 0 Å². The molecule has 0 unspecified atom stereocenters. The van der Waals surface area contributed by atoms with Gasteiger partial charge in [0.1, 0.15) is 11.4 Å².